The second-order valence-electron chi connectivity index (χ2n) is 7.52. The van der Waals surface area contributed by atoms with Gasteiger partial charge < -0.3 is 15.0 Å². The molecular formula is C19H25N3O3S. The van der Waals surface area contributed by atoms with Gasteiger partial charge in [0.05, 0.1) is 13.2 Å². The van der Waals surface area contributed by atoms with Crippen molar-refractivity contribution in [3.63, 3.8) is 0 Å². The number of amides is 2. The maximum Gasteiger partial charge on any atom is 0.256 e. The molecule has 1 aromatic carbocycles. The number of carbonyl (C=O) groups excluding carboxylic acids is 2. The number of rotatable bonds is 4. The monoisotopic (exact) mass is 375 g/mol. The highest BCUT2D eigenvalue weighted by molar-refractivity contribution is 8.01. The smallest absolute Gasteiger partial charge is 0.256 e. The van der Waals surface area contributed by atoms with E-state index in [-0.39, 0.29) is 21.9 Å². The van der Waals surface area contributed by atoms with Crippen LogP contribution in [0, 0.1) is 0 Å². The van der Waals surface area contributed by atoms with Gasteiger partial charge in [0.15, 0.2) is 0 Å². The minimum Gasteiger partial charge on any atom is -0.379 e. The van der Waals surface area contributed by atoms with E-state index in [1.807, 2.05) is 24.3 Å². The summed E-state index contributed by atoms with van der Waals surface area (Å²) in [4.78, 5) is 30.0. The topological polar surface area (TPSA) is 61.9 Å². The van der Waals surface area contributed by atoms with E-state index in [0.29, 0.717) is 6.54 Å². The summed E-state index contributed by atoms with van der Waals surface area (Å²) >= 11 is 1.70. The van der Waals surface area contributed by atoms with Gasteiger partial charge in [0, 0.05) is 36.5 Å². The molecule has 0 aliphatic carbocycles. The Bertz CT molecular complexity index is 718. The van der Waals surface area contributed by atoms with Crippen LogP contribution in [0.2, 0.25) is 0 Å². The van der Waals surface area contributed by atoms with Crippen molar-refractivity contribution in [2.75, 3.05) is 39.4 Å². The molecule has 3 heterocycles. The Morgan fingerprint density at radius 1 is 1.31 bits per heavy atom. The van der Waals surface area contributed by atoms with E-state index in [4.69, 9.17) is 4.74 Å². The van der Waals surface area contributed by atoms with Gasteiger partial charge in [-0.3, -0.25) is 14.5 Å². The van der Waals surface area contributed by atoms with Gasteiger partial charge in [-0.1, -0.05) is 18.2 Å². The maximum absolute atomic E-state index is 13.0. The summed E-state index contributed by atoms with van der Waals surface area (Å²) in [5.41, 5.74) is 1.76. The predicted molar refractivity (Wildman–Crippen MR) is 101 cm³/mol. The second-order valence-corrected chi connectivity index (χ2v) is 9.26. The van der Waals surface area contributed by atoms with Gasteiger partial charge in [-0.15, -0.1) is 11.8 Å². The van der Waals surface area contributed by atoms with Gasteiger partial charge >= 0.3 is 0 Å². The number of hydrogen-bond donors (Lipinski definition) is 1. The number of nitrogens with one attached hydrogen (secondary N) is 1. The Balaban J connectivity index is 1.45. The Labute approximate surface area is 158 Å². The summed E-state index contributed by atoms with van der Waals surface area (Å²) in [5.74, 6) is -0.0866. The van der Waals surface area contributed by atoms with Gasteiger partial charge in [-0.25, -0.2) is 0 Å². The zero-order chi connectivity index (χ0) is 18.3. The normalized spacial score (nSPS) is 27.3. The fourth-order valence-electron chi connectivity index (χ4n) is 4.06. The lowest BCUT2D eigenvalue weighted by Crippen LogP contribution is -2.53. The molecule has 26 heavy (non-hydrogen) atoms. The highest BCUT2D eigenvalue weighted by Crippen LogP contribution is 2.56. The van der Waals surface area contributed by atoms with Crippen LogP contribution < -0.4 is 5.32 Å². The minimum atomic E-state index is -0.456. The van der Waals surface area contributed by atoms with E-state index in [0.717, 1.165) is 44.0 Å². The molecule has 0 radical (unpaired) electrons. The number of benzene rings is 1. The molecule has 0 bridgehead atoms. The number of morpholine rings is 1. The lowest BCUT2D eigenvalue weighted by molar-refractivity contribution is -0.126. The van der Waals surface area contributed by atoms with Crippen LogP contribution >= 0.6 is 11.8 Å². The number of nitrogens with zero attached hydrogens (tertiary/aromatic N) is 2. The highest BCUT2D eigenvalue weighted by atomic mass is 32.2. The molecule has 2 atom stereocenters. The van der Waals surface area contributed by atoms with E-state index in [1.165, 1.54) is 0 Å². The molecule has 0 saturated carbocycles. The van der Waals surface area contributed by atoms with E-state index in [9.17, 15) is 9.59 Å². The van der Waals surface area contributed by atoms with Crippen molar-refractivity contribution >= 4 is 23.6 Å². The van der Waals surface area contributed by atoms with Crippen LogP contribution in [0.25, 0.3) is 0 Å². The van der Waals surface area contributed by atoms with Crippen molar-refractivity contribution in [1.82, 2.24) is 15.1 Å². The molecule has 2 amide bonds. The summed E-state index contributed by atoms with van der Waals surface area (Å²) in [5, 5.41) is 2.99. The van der Waals surface area contributed by atoms with E-state index >= 15 is 0 Å². The van der Waals surface area contributed by atoms with E-state index in [1.54, 1.807) is 16.7 Å². The summed E-state index contributed by atoms with van der Waals surface area (Å²) in [6.07, 6.45) is 0. The van der Waals surface area contributed by atoms with Crippen molar-refractivity contribution in [2.45, 2.75) is 30.0 Å². The lowest BCUT2D eigenvalue weighted by Gasteiger charge is -2.30. The molecule has 0 aromatic heterocycles. The minimum absolute atomic E-state index is 0.0306. The van der Waals surface area contributed by atoms with Crippen LogP contribution in [-0.4, -0.2) is 71.8 Å². The van der Waals surface area contributed by atoms with Crippen molar-refractivity contribution in [1.29, 1.82) is 0 Å². The number of carbonyl (C=O) groups is 2. The van der Waals surface area contributed by atoms with Gasteiger partial charge in [-0.05, 0) is 25.5 Å². The van der Waals surface area contributed by atoms with Crippen LogP contribution in [0.3, 0.4) is 0 Å². The third-order valence-electron chi connectivity index (χ3n) is 5.38. The van der Waals surface area contributed by atoms with Gasteiger partial charge in [-0.2, -0.15) is 0 Å². The number of ether oxygens (including phenoxy) is 1. The molecule has 3 aliphatic heterocycles. The molecule has 2 fully saturated rings. The first-order chi connectivity index (χ1) is 12.5. The molecule has 2 saturated heterocycles. The van der Waals surface area contributed by atoms with Gasteiger partial charge in [0.25, 0.3) is 5.91 Å². The third-order valence-corrected chi connectivity index (χ3v) is 6.91. The third kappa shape index (κ3) is 3.02. The van der Waals surface area contributed by atoms with Gasteiger partial charge in [0.2, 0.25) is 5.91 Å². The quantitative estimate of drug-likeness (QED) is 0.864. The Morgan fingerprint density at radius 3 is 2.81 bits per heavy atom. The molecule has 7 heteroatoms. The molecule has 0 unspecified atom stereocenters. The second kappa shape index (κ2) is 6.87. The fourth-order valence-corrected chi connectivity index (χ4v) is 5.65. The number of thioether (sulfide) groups is 1. The molecule has 6 nitrogen and oxygen atoms in total. The molecule has 3 aliphatic rings. The molecule has 0 spiro atoms. The Morgan fingerprint density at radius 2 is 2.04 bits per heavy atom. The molecule has 4 rings (SSSR count). The van der Waals surface area contributed by atoms with Crippen LogP contribution in [0.1, 0.15) is 35.1 Å². The Hall–Kier alpha value is -1.57. The summed E-state index contributed by atoms with van der Waals surface area (Å²) in [6, 6.07) is 7.24. The standard InChI is InChI=1S/C19H25N3O3S/c1-19(2)15(16(23)20-7-8-21-9-11-25-12-10-21)22-17(24)13-5-3-4-6-14(13)18(22)26-19/h3-6,15,18H,7-12H2,1-2H3,(H,20,23)/t15-,18-/m0/s1. The van der Waals surface area contributed by atoms with Crippen LogP contribution in [0.4, 0.5) is 0 Å². The Kier molecular flexibility index (Phi) is 4.71. The summed E-state index contributed by atoms with van der Waals surface area (Å²) in [6.45, 7) is 8.83. The maximum atomic E-state index is 13.0. The fraction of sp³-hybridized carbons (Fsp3) is 0.579. The van der Waals surface area contributed by atoms with Crippen LogP contribution in [-0.2, 0) is 9.53 Å². The number of hydrogen-bond acceptors (Lipinski definition) is 5. The van der Waals surface area contributed by atoms with Crippen molar-refractivity contribution in [3.05, 3.63) is 35.4 Å². The lowest BCUT2D eigenvalue weighted by atomic mass is 10.0. The van der Waals surface area contributed by atoms with Crippen molar-refractivity contribution < 1.29 is 14.3 Å². The largest absolute Gasteiger partial charge is 0.379 e. The van der Waals surface area contributed by atoms with E-state index in [2.05, 4.69) is 24.1 Å². The first-order valence-electron chi connectivity index (χ1n) is 9.16. The molecule has 1 N–H and O–H groups in total. The van der Waals surface area contributed by atoms with Crippen LogP contribution in [0.15, 0.2) is 24.3 Å². The zero-order valence-electron chi connectivity index (χ0n) is 15.2. The van der Waals surface area contributed by atoms with E-state index < -0.39 is 6.04 Å². The predicted octanol–water partition coefficient (Wildman–Crippen LogP) is 1.48. The average Bonchev–Trinajstić information content (AvgIpc) is 3.06. The molecule has 1 aromatic rings. The average molecular weight is 375 g/mol. The SMILES string of the molecule is CC1(C)S[C@H]2c3ccccc3C(=O)N2[C@H]1C(=O)NCCN1CCOCC1. The summed E-state index contributed by atoms with van der Waals surface area (Å²) in [7, 11) is 0. The van der Waals surface area contributed by atoms with Crippen LogP contribution in [0.5, 0.6) is 0 Å². The first-order valence-corrected chi connectivity index (χ1v) is 10.0. The summed E-state index contributed by atoms with van der Waals surface area (Å²) < 4.78 is 5.03. The van der Waals surface area contributed by atoms with Crippen molar-refractivity contribution in [3.8, 4) is 0 Å². The molecule has 140 valence electrons. The number of fused-ring (bicyclic) bond motifs is 3. The molecular weight excluding hydrogens is 350 g/mol. The highest BCUT2D eigenvalue weighted by Gasteiger charge is 2.57. The van der Waals surface area contributed by atoms with Crippen molar-refractivity contribution in [2.24, 2.45) is 0 Å². The first kappa shape index (κ1) is 17.8. The zero-order valence-corrected chi connectivity index (χ0v) is 16.1. The van der Waals surface area contributed by atoms with Gasteiger partial charge in [0.1, 0.15) is 11.4 Å².